The average molecular weight is 281 g/mol. The molecule has 1 N–H and O–H groups in total. The van der Waals surface area contributed by atoms with Gasteiger partial charge in [0.05, 0.1) is 5.75 Å². The molecular formula is C12H27NO2S2. The lowest BCUT2D eigenvalue weighted by Gasteiger charge is -2.13. The molecule has 0 rings (SSSR count). The van der Waals surface area contributed by atoms with E-state index >= 15 is 0 Å². The summed E-state index contributed by atoms with van der Waals surface area (Å²) in [6, 6.07) is 0.0751. The number of thioether (sulfide) groups is 1. The quantitative estimate of drug-likeness (QED) is 0.590. The molecular weight excluding hydrogens is 254 g/mol. The van der Waals surface area contributed by atoms with Crippen LogP contribution in [-0.4, -0.2) is 44.5 Å². The highest BCUT2D eigenvalue weighted by molar-refractivity contribution is 7.98. The van der Waals surface area contributed by atoms with Gasteiger partial charge in [0.1, 0.15) is 0 Å². The lowest BCUT2D eigenvalue weighted by atomic mass is 10.2. The second-order valence-corrected chi connectivity index (χ2v) is 7.84. The molecule has 0 saturated carbocycles. The Morgan fingerprint density at radius 3 is 2.41 bits per heavy atom. The van der Waals surface area contributed by atoms with Gasteiger partial charge in [-0.3, -0.25) is 0 Å². The van der Waals surface area contributed by atoms with Crippen LogP contribution < -0.4 is 5.32 Å². The van der Waals surface area contributed by atoms with Crippen molar-refractivity contribution in [2.45, 2.75) is 45.6 Å². The maximum Gasteiger partial charge on any atom is 0.151 e. The van der Waals surface area contributed by atoms with Crippen molar-refractivity contribution in [3.63, 3.8) is 0 Å². The third-order valence-electron chi connectivity index (χ3n) is 2.71. The topological polar surface area (TPSA) is 46.2 Å². The molecule has 0 saturated heterocycles. The maximum absolute atomic E-state index is 11.4. The highest BCUT2D eigenvalue weighted by Crippen LogP contribution is 2.04. The summed E-state index contributed by atoms with van der Waals surface area (Å²) in [5.41, 5.74) is 0. The summed E-state index contributed by atoms with van der Waals surface area (Å²) < 4.78 is 22.7. The molecule has 0 bridgehead atoms. The van der Waals surface area contributed by atoms with Crippen LogP contribution in [-0.2, 0) is 9.84 Å². The Hall–Kier alpha value is 0.260. The van der Waals surface area contributed by atoms with Gasteiger partial charge in [0.2, 0.25) is 0 Å². The van der Waals surface area contributed by atoms with Crippen LogP contribution in [0.15, 0.2) is 0 Å². The minimum atomic E-state index is -2.84. The number of hydrogen-bond acceptors (Lipinski definition) is 4. The first-order valence-corrected chi connectivity index (χ1v) is 9.66. The van der Waals surface area contributed by atoms with Crippen LogP contribution in [0.5, 0.6) is 0 Å². The molecule has 0 aromatic rings. The number of unbranched alkanes of at least 4 members (excludes halogenated alkanes) is 3. The average Bonchev–Trinajstić information content (AvgIpc) is 2.27. The minimum absolute atomic E-state index is 0.0751. The Balaban J connectivity index is 3.43. The fourth-order valence-corrected chi connectivity index (χ4v) is 3.24. The zero-order chi connectivity index (χ0) is 13.1. The van der Waals surface area contributed by atoms with Crippen LogP contribution in [0.1, 0.15) is 39.5 Å². The van der Waals surface area contributed by atoms with E-state index in [1.165, 1.54) is 25.0 Å². The number of hydrogen-bond donors (Lipinski definition) is 1. The fourth-order valence-electron chi connectivity index (χ4n) is 1.63. The molecule has 0 aromatic carbocycles. The molecule has 104 valence electrons. The van der Waals surface area contributed by atoms with Crippen molar-refractivity contribution in [2.24, 2.45) is 0 Å². The van der Waals surface area contributed by atoms with Crippen molar-refractivity contribution in [3.8, 4) is 0 Å². The van der Waals surface area contributed by atoms with Crippen LogP contribution in [0, 0.1) is 0 Å². The zero-order valence-corrected chi connectivity index (χ0v) is 13.0. The first kappa shape index (κ1) is 17.3. The molecule has 1 unspecified atom stereocenters. The molecule has 0 heterocycles. The predicted octanol–water partition coefficient (Wildman–Crippen LogP) is 2.32. The summed E-state index contributed by atoms with van der Waals surface area (Å²) in [5.74, 6) is 1.75. The van der Waals surface area contributed by atoms with Gasteiger partial charge in [-0.1, -0.05) is 19.8 Å². The second kappa shape index (κ2) is 10.2. The molecule has 0 aliphatic rings. The molecule has 5 heteroatoms. The van der Waals surface area contributed by atoms with Crippen molar-refractivity contribution in [3.05, 3.63) is 0 Å². The third kappa shape index (κ3) is 11.1. The van der Waals surface area contributed by atoms with Gasteiger partial charge >= 0.3 is 0 Å². The van der Waals surface area contributed by atoms with Gasteiger partial charge in [0.25, 0.3) is 0 Å². The van der Waals surface area contributed by atoms with E-state index in [-0.39, 0.29) is 17.5 Å². The van der Waals surface area contributed by atoms with Gasteiger partial charge in [0.15, 0.2) is 9.84 Å². The maximum atomic E-state index is 11.4. The smallest absolute Gasteiger partial charge is 0.151 e. The summed E-state index contributed by atoms with van der Waals surface area (Å²) in [6.07, 6.45) is 7.09. The first-order valence-electron chi connectivity index (χ1n) is 6.44. The fraction of sp³-hybridized carbons (Fsp3) is 1.00. The van der Waals surface area contributed by atoms with Crippen molar-refractivity contribution < 1.29 is 8.42 Å². The van der Waals surface area contributed by atoms with Crippen molar-refractivity contribution in [2.75, 3.05) is 30.1 Å². The van der Waals surface area contributed by atoms with E-state index in [1.807, 2.05) is 18.7 Å². The lowest BCUT2D eigenvalue weighted by molar-refractivity contribution is 0.535. The van der Waals surface area contributed by atoms with Gasteiger partial charge in [-0.2, -0.15) is 11.8 Å². The van der Waals surface area contributed by atoms with Gasteiger partial charge in [-0.05, 0) is 38.3 Å². The van der Waals surface area contributed by atoms with E-state index in [0.29, 0.717) is 0 Å². The molecule has 0 amide bonds. The van der Waals surface area contributed by atoms with Crippen LogP contribution in [0.2, 0.25) is 0 Å². The highest BCUT2D eigenvalue weighted by atomic mass is 32.2. The summed E-state index contributed by atoms with van der Waals surface area (Å²) >= 11 is 1.90. The van der Waals surface area contributed by atoms with E-state index in [4.69, 9.17) is 0 Å². The summed E-state index contributed by atoms with van der Waals surface area (Å²) in [7, 11) is -2.84. The summed E-state index contributed by atoms with van der Waals surface area (Å²) in [6.45, 7) is 4.58. The molecule has 0 aliphatic carbocycles. The van der Waals surface area contributed by atoms with Gasteiger partial charge < -0.3 is 5.32 Å². The molecule has 17 heavy (non-hydrogen) atoms. The Bertz CT molecular complexity index is 266. The predicted molar refractivity (Wildman–Crippen MR) is 78.6 cm³/mol. The molecule has 0 aliphatic heterocycles. The summed E-state index contributed by atoms with van der Waals surface area (Å²) in [4.78, 5) is 0. The van der Waals surface area contributed by atoms with Gasteiger partial charge in [-0.25, -0.2) is 8.42 Å². The largest absolute Gasteiger partial charge is 0.313 e. The Morgan fingerprint density at radius 1 is 1.18 bits per heavy atom. The molecule has 3 nitrogen and oxygen atoms in total. The molecule has 1 atom stereocenters. The number of nitrogens with one attached hydrogen (secondary N) is 1. The van der Waals surface area contributed by atoms with Crippen molar-refractivity contribution in [1.82, 2.24) is 5.32 Å². The van der Waals surface area contributed by atoms with E-state index in [1.54, 1.807) is 6.92 Å². The Kier molecular flexibility index (Phi) is 10.4. The number of rotatable bonds is 11. The van der Waals surface area contributed by atoms with Crippen LogP contribution in [0.3, 0.4) is 0 Å². The Labute approximate surface area is 111 Å². The highest BCUT2D eigenvalue weighted by Gasteiger charge is 2.12. The molecule has 0 aromatic heterocycles. The van der Waals surface area contributed by atoms with Gasteiger partial charge in [0, 0.05) is 11.8 Å². The number of sulfone groups is 1. The van der Waals surface area contributed by atoms with Crippen molar-refractivity contribution in [1.29, 1.82) is 0 Å². The second-order valence-electron chi connectivity index (χ2n) is 4.46. The standard InChI is InChI=1S/C12H27NO2S2/c1-4-17(14,15)11-12(2)13-9-7-5-6-8-10-16-3/h12-13H,4-11H2,1-3H3. The Morgan fingerprint density at radius 2 is 1.82 bits per heavy atom. The van der Waals surface area contributed by atoms with E-state index < -0.39 is 9.84 Å². The van der Waals surface area contributed by atoms with E-state index in [0.717, 1.165) is 13.0 Å². The van der Waals surface area contributed by atoms with Crippen molar-refractivity contribution >= 4 is 21.6 Å². The van der Waals surface area contributed by atoms with E-state index in [2.05, 4.69) is 11.6 Å². The monoisotopic (exact) mass is 281 g/mol. The third-order valence-corrected chi connectivity index (χ3v) is 5.30. The minimum Gasteiger partial charge on any atom is -0.313 e. The van der Waals surface area contributed by atoms with Crippen LogP contribution >= 0.6 is 11.8 Å². The van der Waals surface area contributed by atoms with Crippen LogP contribution in [0.25, 0.3) is 0 Å². The SMILES string of the molecule is CCS(=O)(=O)CC(C)NCCCCCCSC. The molecule has 0 fully saturated rings. The normalized spacial score (nSPS) is 13.8. The molecule has 0 spiro atoms. The zero-order valence-electron chi connectivity index (χ0n) is 11.4. The lowest BCUT2D eigenvalue weighted by Crippen LogP contribution is -2.34. The van der Waals surface area contributed by atoms with E-state index in [9.17, 15) is 8.42 Å². The molecule has 0 radical (unpaired) electrons. The van der Waals surface area contributed by atoms with Gasteiger partial charge in [-0.15, -0.1) is 0 Å². The summed E-state index contributed by atoms with van der Waals surface area (Å²) in [5, 5.41) is 3.28. The first-order chi connectivity index (χ1) is 8.02. The van der Waals surface area contributed by atoms with Crippen LogP contribution in [0.4, 0.5) is 0 Å².